The summed E-state index contributed by atoms with van der Waals surface area (Å²) in [7, 11) is 4.78. The molecule has 0 radical (unpaired) electrons. The molecular formula is C23H24FNO8. The van der Waals surface area contributed by atoms with Crippen molar-refractivity contribution in [2.45, 2.75) is 6.42 Å². The van der Waals surface area contributed by atoms with E-state index in [2.05, 4.69) is 4.98 Å². The van der Waals surface area contributed by atoms with Gasteiger partial charge in [-0.25, -0.2) is 14.0 Å². The minimum absolute atomic E-state index is 0.0106. The molecule has 0 atom stereocenters. The van der Waals surface area contributed by atoms with Crippen molar-refractivity contribution in [3.8, 4) is 23.0 Å². The lowest BCUT2D eigenvalue weighted by Gasteiger charge is -2.13. The van der Waals surface area contributed by atoms with Crippen LogP contribution in [-0.4, -0.2) is 61.7 Å². The highest BCUT2D eigenvalue weighted by Gasteiger charge is 2.12. The maximum absolute atomic E-state index is 12.5. The molecule has 0 aliphatic rings. The Balaban J connectivity index is 0.000000569. The van der Waals surface area contributed by atoms with Gasteiger partial charge in [-0.15, -0.1) is 0 Å². The second-order valence-electron chi connectivity index (χ2n) is 6.50. The molecule has 1 heterocycles. The van der Waals surface area contributed by atoms with Crippen LogP contribution in [0.2, 0.25) is 0 Å². The largest absolute Gasteiger partial charge is 0.493 e. The average molecular weight is 461 g/mol. The summed E-state index contributed by atoms with van der Waals surface area (Å²) in [6, 6.07) is 11.4. The van der Waals surface area contributed by atoms with Gasteiger partial charge >= 0.3 is 11.9 Å². The molecule has 33 heavy (non-hydrogen) atoms. The number of halogens is 1. The van der Waals surface area contributed by atoms with Crippen LogP contribution in [0.1, 0.15) is 11.3 Å². The van der Waals surface area contributed by atoms with E-state index in [1.807, 2.05) is 36.4 Å². The van der Waals surface area contributed by atoms with Gasteiger partial charge in [-0.3, -0.25) is 4.98 Å². The van der Waals surface area contributed by atoms with Crippen molar-refractivity contribution in [3.63, 3.8) is 0 Å². The summed E-state index contributed by atoms with van der Waals surface area (Å²) in [6.45, 7) is -0.566. The van der Waals surface area contributed by atoms with E-state index in [1.165, 1.54) is 0 Å². The molecule has 9 nitrogen and oxygen atoms in total. The van der Waals surface area contributed by atoms with Crippen LogP contribution in [0.4, 0.5) is 4.39 Å². The standard InChI is InChI=1S/C21H22FNO4.C2H2O4/c1-24-18-5-4-14(11-21(18)27-9-7-22)10-17-16-13-20(26-3)19(25-2)12-15(16)6-8-23-17;3-1(4)2(5)6/h4-6,8,11-13H,7,9-10H2,1-3H3;(H,3,4)(H,5,6). The lowest BCUT2D eigenvalue weighted by molar-refractivity contribution is -0.159. The SMILES string of the molecule is COc1cc2ccnc(Cc3ccc(OC)c(OCCF)c3)c2cc1OC.O=C(O)C(=O)O. The third kappa shape index (κ3) is 6.70. The van der Waals surface area contributed by atoms with Crippen molar-refractivity contribution in [2.75, 3.05) is 34.6 Å². The van der Waals surface area contributed by atoms with E-state index in [0.29, 0.717) is 29.4 Å². The van der Waals surface area contributed by atoms with Gasteiger partial charge in [0.25, 0.3) is 0 Å². The summed E-state index contributed by atoms with van der Waals surface area (Å²) < 4.78 is 34.0. The lowest BCUT2D eigenvalue weighted by Crippen LogP contribution is -2.09. The van der Waals surface area contributed by atoms with Crippen LogP contribution in [0.25, 0.3) is 10.8 Å². The van der Waals surface area contributed by atoms with Crippen LogP contribution >= 0.6 is 0 Å². The van der Waals surface area contributed by atoms with E-state index in [9.17, 15) is 4.39 Å². The van der Waals surface area contributed by atoms with Crippen LogP contribution in [0.5, 0.6) is 23.0 Å². The number of carbonyl (C=O) groups is 2. The molecule has 176 valence electrons. The third-order valence-electron chi connectivity index (χ3n) is 4.47. The molecule has 0 saturated heterocycles. The van der Waals surface area contributed by atoms with E-state index < -0.39 is 18.6 Å². The molecule has 10 heteroatoms. The van der Waals surface area contributed by atoms with Crippen LogP contribution in [0, 0.1) is 0 Å². The monoisotopic (exact) mass is 461 g/mol. The number of methoxy groups -OCH3 is 3. The zero-order valence-electron chi connectivity index (χ0n) is 18.3. The maximum atomic E-state index is 12.5. The lowest BCUT2D eigenvalue weighted by atomic mass is 10.0. The van der Waals surface area contributed by atoms with Crippen molar-refractivity contribution in [1.29, 1.82) is 0 Å². The Labute approximate surface area is 189 Å². The fraction of sp³-hybridized carbons (Fsp3) is 0.261. The highest BCUT2D eigenvalue weighted by molar-refractivity contribution is 6.27. The number of nitrogens with zero attached hydrogens (tertiary/aromatic N) is 1. The van der Waals surface area contributed by atoms with Gasteiger partial charge in [0.2, 0.25) is 0 Å². The number of hydrogen-bond donors (Lipinski definition) is 2. The minimum Gasteiger partial charge on any atom is -0.493 e. The van der Waals surface area contributed by atoms with Crippen LogP contribution < -0.4 is 18.9 Å². The van der Waals surface area contributed by atoms with Crippen LogP contribution in [-0.2, 0) is 16.0 Å². The number of carboxylic acids is 2. The summed E-state index contributed by atoms with van der Waals surface area (Å²) in [6.07, 6.45) is 2.36. The van der Waals surface area contributed by atoms with Crippen molar-refractivity contribution < 1.29 is 43.1 Å². The van der Waals surface area contributed by atoms with Crippen molar-refractivity contribution in [3.05, 3.63) is 53.9 Å². The van der Waals surface area contributed by atoms with Crippen molar-refractivity contribution in [2.24, 2.45) is 0 Å². The van der Waals surface area contributed by atoms with Gasteiger partial charge in [-0.1, -0.05) is 6.07 Å². The van der Waals surface area contributed by atoms with E-state index >= 15 is 0 Å². The molecule has 3 aromatic rings. The summed E-state index contributed by atoms with van der Waals surface area (Å²) in [5.74, 6) is -1.23. The maximum Gasteiger partial charge on any atom is 0.414 e. The summed E-state index contributed by atoms with van der Waals surface area (Å²) in [4.78, 5) is 22.7. The quantitative estimate of drug-likeness (QED) is 0.486. The molecule has 0 aliphatic heterocycles. The molecule has 3 rings (SSSR count). The Morgan fingerprint density at radius 1 is 0.879 bits per heavy atom. The smallest absolute Gasteiger partial charge is 0.414 e. The topological polar surface area (TPSA) is 124 Å². The van der Waals surface area contributed by atoms with Gasteiger partial charge < -0.3 is 29.2 Å². The first kappa shape index (κ1) is 25.2. The third-order valence-corrected chi connectivity index (χ3v) is 4.47. The highest BCUT2D eigenvalue weighted by Crippen LogP contribution is 2.34. The van der Waals surface area contributed by atoms with Gasteiger partial charge in [-0.05, 0) is 41.3 Å². The first-order chi connectivity index (χ1) is 15.8. The Kier molecular flexibility index (Phi) is 9.22. The summed E-state index contributed by atoms with van der Waals surface area (Å²) in [5, 5.41) is 16.8. The molecule has 0 bridgehead atoms. The van der Waals surface area contributed by atoms with Gasteiger partial charge in [-0.2, -0.15) is 0 Å². The molecule has 0 spiro atoms. The molecule has 0 amide bonds. The predicted molar refractivity (Wildman–Crippen MR) is 117 cm³/mol. The second kappa shape index (κ2) is 12.1. The number of ether oxygens (including phenoxy) is 4. The number of benzene rings is 2. The highest BCUT2D eigenvalue weighted by atomic mass is 19.1. The number of aliphatic carboxylic acids is 2. The Hall–Kier alpha value is -4.08. The molecule has 2 aromatic carbocycles. The molecule has 0 aliphatic carbocycles. The first-order valence-corrected chi connectivity index (χ1v) is 9.66. The fourth-order valence-electron chi connectivity index (χ4n) is 2.99. The normalized spacial score (nSPS) is 10.1. The zero-order chi connectivity index (χ0) is 24.4. The molecule has 0 unspecified atom stereocenters. The van der Waals surface area contributed by atoms with E-state index in [1.54, 1.807) is 27.5 Å². The number of alkyl halides is 1. The van der Waals surface area contributed by atoms with E-state index in [0.717, 1.165) is 22.0 Å². The van der Waals surface area contributed by atoms with E-state index in [4.69, 9.17) is 38.7 Å². The second-order valence-corrected chi connectivity index (χ2v) is 6.50. The average Bonchev–Trinajstić information content (AvgIpc) is 2.82. The minimum atomic E-state index is -1.82. The molecule has 0 fully saturated rings. The molecular weight excluding hydrogens is 437 g/mol. The Morgan fingerprint density at radius 2 is 1.52 bits per heavy atom. The van der Waals surface area contributed by atoms with Gasteiger partial charge in [0.1, 0.15) is 13.3 Å². The zero-order valence-corrected chi connectivity index (χ0v) is 18.3. The van der Waals surface area contributed by atoms with Crippen LogP contribution in [0.15, 0.2) is 42.6 Å². The number of pyridine rings is 1. The summed E-state index contributed by atoms with van der Waals surface area (Å²) in [5.41, 5.74) is 1.88. The molecule has 1 aromatic heterocycles. The number of carboxylic acid groups (broad SMARTS) is 2. The summed E-state index contributed by atoms with van der Waals surface area (Å²) >= 11 is 0. The fourth-order valence-corrected chi connectivity index (χ4v) is 2.99. The first-order valence-electron chi connectivity index (χ1n) is 9.66. The molecule has 0 saturated carbocycles. The van der Waals surface area contributed by atoms with Crippen molar-refractivity contribution in [1.82, 2.24) is 4.98 Å². The molecule has 2 N–H and O–H groups in total. The van der Waals surface area contributed by atoms with Gasteiger partial charge in [0.05, 0.1) is 27.0 Å². The predicted octanol–water partition coefficient (Wildman–Crippen LogP) is 3.36. The number of aromatic nitrogens is 1. The number of hydrogen-bond acceptors (Lipinski definition) is 7. The van der Waals surface area contributed by atoms with E-state index in [-0.39, 0.29) is 6.61 Å². The van der Waals surface area contributed by atoms with Gasteiger partial charge in [0, 0.05) is 18.0 Å². The van der Waals surface area contributed by atoms with Crippen LogP contribution in [0.3, 0.4) is 0 Å². The van der Waals surface area contributed by atoms with Crippen molar-refractivity contribution >= 4 is 22.7 Å². The number of rotatable bonds is 8. The Morgan fingerprint density at radius 3 is 2.09 bits per heavy atom. The van der Waals surface area contributed by atoms with Gasteiger partial charge in [0.15, 0.2) is 23.0 Å². The Bertz CT molecular complexity index is 1110. The number of fused-ring (bicyclic) bond motifs is 1.